The summed E-state index contributed by atoms with van der Waals surface area (Å²) >= 11 is 1.79. The Bertz CT molecular complexity index is 630. The first-order chi connectivity index (χ1) is 11.1. The number of amides is 2. The van der Waals surface area contributed by atoms with Crippen LogP contribution < -0.4 is 5.32 Å². The Kier molecular flexibility index (Phi) is 5.03. The quantitative estimate of drug-likeness (QED) is 0.934. The minimum Gasteiger partial charge on any atom is -0.464 e. The normalized spacial score (nSPS) is 17.2. The molecule has 0 bridgehead atoms. The van der Waals surface area contributed by atoms with Crippen molar-refractivity contribution in [1.29, 1.82) is 0 Å². The molecule has 1 N–H and O–H groups in total. The van der Waals surface area contributed by atoms with Crippen molar-refractivity contribution in [1.82, 2.24) is 15.1 Å². The van der Waals surface area contributed by atoms with Gasteiger partial charge in [-0.15, -0.1) is 11.3 Å². The summed E-state index contributed by atoms with van der Waals surface area (Å²) in [4.78, 5) is 18.0. The van der Waals surface area contributed by atoms with E-state index in [1.54, 1.807) is 11.3 Å². The molecule has 1 atom stereocenters. The fourth-order valence-corrected chi connectivity index (χ4v) is 3.51. The van der Waals surface area contributed by atoms with E-state index in [0.29, 0.717) is 0 Å². The van der Waals surface area contributed by atoms with E-state index in [1.807, 2.05) is 30.9 Å². The molecule has 23 heavy (non-hydrogen) atoms. The maximum absolute atomic E-state index is 12.4. The Morgan fingerprint density at radius 2 is 2.09 bits per heavy atom. The zero-order valence-electron chi connectivity index (χ0n) is 13.6. The van der Waals surface area contributed by atoms with Crippen LogP contribution in [0.4, 0.5) is 4.79 Å². The number of hydrogen-bond acceptors (Lipinski definition) is 4. The van der Waals surface area contributed by atoms with Crippen molar-refractivity contribution in [2.45, 2.75) is 26.4 Å². The summed E-state index contributed by atoms with van der Waals surface area (Å²) in [5.41, 5.74) is 0. The number of thiophene rings is 1. The van der Waals surface area contributed by atoms with Gasteiger partial charge in [0.15, 0.2) is 0 Å². The molecule has 2 amide bonds. The predicted molar refractivity (Wildman–Crippen MR) is 91.6 cm³/mol. The molecule has 0 spiro atoms. The fourth-order valence-electron chi connectivity index (χ4n) is 2.77. The van der Waals surface area contributed by atoms with E-state index >= 15 is 0 Å². The Labute approximate surface area is 140 Å². The van der Waals surface area contributed by atoms with Crippen LogP contribution in [0.25, 0.3) is 0 Å². The third-order valence-electron chi connectivity index (χ3n) is 4.15. The van der Waals surface area contributed by atoms with Crippen molar-refractivity contribution in [2.24, 2.45) is 0 Å². The highest BCUT2D eigenvalue weighted by atomic mass is 32.1. The molecule has 3 rings (SSSR count). The van der Waals surface area contributed by atoms with Crippen molar-refractivity contribution in [3.63, 3.8) is 0 Å². The van der Waals surface area contributed by atoms with Crippen LogP contribution in [0.3, 0.4) is 0 Å². The highest BCUT2D eigenvalue weighted by Crippen LogP contribution is 2.17. The molecule has 2 aromatic heterocycles. The first-order valence-corrected chi connectivity index (χ1v) is 8.86. The molecule has 3 heterocycles. The van der Waals surface area contributed by atoms with Crippen molar-refractivity contribution < 1.29 is 9.21 Å². The average Bonchev–Trinajstić information content (AvgIpc) is 3.19. The second-order valence-electron chi connectivity index (χ2n) is 5.96. The van der Waals surface area contributed by atoms with Crippen LogP contribution in [-0.4, -0.2) is 42.0 Å². The van der Waals surface area contributed by atoms with E-state index in [0.717, 1.165) is 44.2 Å². The lowest BCUT2D eigenvalue weighted by Gasteiger charge is -2.34. The SMILES string of the molecule is Cc1ccc(C(C)NC(=O)N2CCN(Cc3cccs3)CC2)o1. The summed E-state index contributed by atoms with van der Waals surface area (Å²) in [7, 11) is 0. The van der Waals surface area contributed by atoms with Crippen LogP contribution in [0.1, 0.15) is 29.4 Å². The lowest BCUT2D eigenvalue weighted by Crippen LogP contribution is -2.51. The molecule has 1 saturated heterocycles. The number of carbonyl (C=O) groups is 1. The molecule has 5 nitrogen and oxygen atoms in total. The molecule has 1 fully saturated rings. The molecule has 0 aromatic carbocycles. The minimum absolute atomic E-state index is 0.0117. The van der Waals surface area contributed by atoms with E-state index in [-0.39, 0.29) is 12.1 Å². The Hall–Kier alpha value is -1.79. The van der Waals surface area contributed by atoms with Crippen LogP contribution in [-0.2, 0) is 6.54 Å². The Morgan fingerprint density at radius 3 is 2.70 bits per heavy atom. The first kappa shape index (κ1) is 16.1. The van der Waals surface area contributed by atoms with Gasteiger partial charge in [-0.05, 0) is 37.4 Å². The van der Waals surface area contributed by atoms with Crippen LogP contribution >= 0.6 is 11.3 Å². The molecule has 0 radical (unpaired) electrons. The zero-order chi connectivity index (χ0) is 16.2. The van der Waals surface area contributed by atoms with Gasteiger partial charge in [-0.2, -0.15) is 0 Å². The van der Waals surface area contributed by atoms with E-state index in [9.17, 15) is 4.79 Å². The number of piperazine rings is 1. The van der Waals surface area contributed by atoms with E-state index < -0.39 is 0 Å². The average molecular weight is 333 g/mol. The summed E-state index contributed by atoms with van der Waals surface area (Å²) in [6.07, 6.45) is 0. The summed E-state index contributed by atoms with van der Waals surface area (Å²) in [6, 6.07) is 7.96. The smallest absolute Gasteiger partial charge is 0.318 e. The minimum atomic E-state index is -0.111. The topological polar surface area (TPSA) is 48.7 Å². The monoisotopic (exact) mass is 333 g/mol. The maximum Gasteiger partial charge on any atom is 0.318 e. The number of carbonyl (C=O) groups excluding carboxylic acids is 1. The Morgan fingerprint density at radius 1 is 1.30 bits per heavy atom. The van der Waals surface area contributed by atoms with Gasteiger partial charge in [-0.25, -0.2) is 4.79 Å². The molecular weight excluding hydrogens is 310 g/mol. The van der Waals surface area contributed by atoms with Gasteiger partial charge in [0.1, 0.15) is 11.5 Å². The van der Waals surface area contributed by atoms with Crippen molar-refractivity contribution in [3.05, 3.63) is 46.0 Å². The van der Waals surface area contributed by atoms with Crippen LogP contribution in [0, 0.1) is 6.92 Å². The van der Waals surface area contributed by atoms with Crippen LogP contribution in [0.15, 0.2) is 34.1 Å². The highest BCUT2D eigenvalue weighted by Gasteiger charge is 2.23. The van der Waals surface area contributed by atoms with E-state index in [1.165, 1.54) is 4.88 Å². The third-order valence-corrected chi connectivity index (χ3v) is 5.01. The lowest BCUT2D eigenvalue weighted by molar-refractivity contribution is 0.133. The fraction of sp³-hybridized carbons (Fsp3) is 0.471. The maximum atomic E-state index is 12.4. The molecule has 6 heteroatoms. The van der Waals surface area contributed by atoms with Gasteiger partial charge < -0.3 is 14.6 Å². The van der Waals surface area contributed by atoms with Crippen molar-refractivity contribution in [2.75, 3.05) is 26.2 Å². The number of hydrogen-bond donors (Lipinski definition) is 1. The number of nitrogens with zero attached hydrogens (tertiary/aromatic N) is 2. The number of furan rings is 1. The second kappa shape index (κ2) is 7.19. The molecule has 2 aromatic rings. The highest BCUT2D eigenvalue weighted by molar-refractivity contribution is 7.09. The second-order valence-corrected chi connectivity index (χ2v) is 6.99. The van der Waals surface area contributed by atoms with Gasteiger partial charge in [0.25, 0.3) is 0 Å². The number of rotatable bonds is 4. The molecule has 124 valence electrons. The van der Waals surface area contributed by atoms with Crippen molar-refractivity contribution >= 4 is 17.4 Å². The zero-order valence-corrected chi connectivity index (χ0v) is 14.4. The molecular formula is C17H23N3O2S. The molecule has 1 unspecified atom stereocenters. The third kappa shape index (κ3) is 4.14. The first-order valence-electron chi connectivity index (χ1n) is 7.98. The Balaban J connectivity index is 1.46. The van der Waals surface area contributed by atoms with Crippen LogP contribution in [0.5, 0.6) is 0 Å². The van der Waals surface area contributed by atoms with Gasteiger partial charge in [-0.1, -0.05) is 6.07 Å². The van der Waals surface area contributed by atoms with Gasteiger partial charge >= 0.3 is 6.03 Å². The van der Waals surface area contributed by atoms with Gasteiger partial charge in [-0.3, -0.25) is 4.90 Å². The predicted octanol–water partition coefficient (Wildman–Crippen LogP) is 3.24. The number of aryl methyl sites for hydroxylation is 1. The van der Waals surface area contributed by atoms with Gasteiger partial charge in [0.05, 0.1) is 6.04 Å². The van der Waals surface area contributed by atoms with Gasteiger partial charge in [0.2, 0.25) is 0 Å². The summed E-state index contributed by atoms with van der Waals surface area (Å²) in [5.74, 6) is 1.66. The molecule has 0 aliphatic carbocycles. The number of nitrogens with one attached hydrogen (secondary N) is 1. The molecule has 0 saturated carbocycles. The van der Waals surface area contributed by atoms with Gasteiger partial charge in [0, 0.05) is 37.6 Å². The van der Waals surface area contributed by atoms with Crippen LogP contribution in [0.2, 0.25) is 0 Å². The summed E-state index contributed by atoms with van der Waals surface area (Å²) in [6.45, 7) is 8.20. The molecule has 1 aliphatic rings. The molecule has 1 aliphatic heterocycles. The van der Waals surface area contributed by atoms with E-state index in [2.05, 4.69) is 27.7 Å². The summed E-state index contributed by atoms with van der Waals surface area (Å²) < 4.78 is 5.57. The lowest BCUT2D eigenvalue weighted by atomic mass is 10.2. The largest absolute Gasteiger partial charge is 0.464 e. The standard InChI is InChI=1S/C17H23N3O2S/c1-13-5-6-16(22-13)14(2)18-17(21)20-9-7-19(8-10-20)12-15-4-3-11-23-15/h3-6,11,14H,7-10,12H2,1-2H3,(H,18,21). The number of urea groups is 1. The summed E-state index contributed by atoms with van der Waals surface area (Å²) in [5, 5.41) is 5.12. The van der Waals surface area contributed by atoms with Crippen molar-refractivity contribution in [3.8, 4) is 0 Å². The van der Waals surface area contributed by atoms with E-state index in [4.69, 9.17) is 4.42 Å².